The van der Waals surface area contributed by atoms with E-state index in [9.17, 15) is 17.9 Å². The Morgan fingerprint density at radius 2 is 1.85 bits per heavy atom. The molecule has 0 fully saturated rings. The molecule has 0 unspecified atom stereocenters. The average Bonchev–Trinajstić information content (AvgIpc) is 3.37. The Labute approximate surface area is 244 Å². The quantitative estimate of drug-likeness (QED) is 0.180. The van der Waals surface area contributed by atoms with Crippen LogP contribution in [-0.4, -0.2) is 36.8 Å². The molecular formula is C29H22ClFN4O4S2. The molecule has 41 heavy (non-hydrogen) atoms. The molecule has 0 bridgehead atoms. The van der Waals surface area contributed by atoms with Crippen LogP contribution in [0.1, 0.15) is 11.1 Å². The number of anilines is 1. The highest BCUT2D eigenvalue weighted by atomic mass is 35.5. The lowest BCUT2D eigenvalue weighted by molar-refractivity contribution is 0.373. The van der Waals surface area contributed by atoms with Gasteiger partial charge in [-0.05, 0) is 54.4 Å². The summed E-state index contributed by atoms with van der Waals surface area (Å²) in [5.41, 5.74) is 2.97. The number of ether oxygens (including phenoxy) is 1. The monoisotopic (exact) mass is 608 g/mol. The third kappa shape index (κ3) is 6.07. The van der Waals surface area contributed by atoms with Crippen molar-refractivity contribution in [2.45, 2.75) is 11.9 Å². The Hall–Kier alpha value is -4.32. The number of pyridine rings is 1. The molecule has 3 aromatic carbocycles. The zero-order valence-corrected chi connectivity index (χ0v) is 24.1. The van der Waals surface area contributed by atoms with Gasteiger partial charge in [0.05, 0.1) is 34.6 Å². The lowest BCUT2D eigenvalue weighted by atomic mass is 10.1. The minimum Gasteiger partial charge on any atom is -0.504 e. The fourth-order valence-electron chi connectivity index (χ4n) is 4.00. The van der Waals surface area contributed by atoms with Crippen LogP contribution in [0, 0.1) is 12.7 Å². The first-order chi connectivity index (χ1) is 19.7. The summed E-state index contributed by atoms with van der Waals surface area (Å²) in [6.45, 7) is 1.60. The summed E-state index contributed by atoms with van der Waals surface area (Å²) in [5.74, 6) is -0.325. The summed E-state index contributed by atoms with van der Waals surface area (Å²) in [6, 6.07) is 20.1. The second-order valence-corrected chi connectivity index (χ2v) is 11.8. The van der Waals surface area contributed by atoms with Gasteiger partial charge in [-0.2, -0.15) is 8.42 Å². The molecule has 2 heterocycles. The van der Waals surface area contributed by atoms with Crippen molar-refractivity contribution in [2.24, 2.45) is 4.99 Å². The van der Waals surface area contributed by atoms with Crippen molar-refractivity contribution < 1.29 is 22.7 Å². The third-order valence-corrected chi connectivity index (χ3v) is 8.79. The SMILES string of the molecule is COc1cccc(C=Nc2cnc(S(=O)(=O)Nc3nc(-c4ccc(F)c(Cl)c4)c(-c4ccccc4)s3)c(C)c2)c1O. The van der Waals surface area contributed by atoms with Crippen LogP contribution in [0.25, 0.3) is 21.7 Å². The number of phenolic OH excluding ortho intramolecular Hbond substituents is 1. The second-order valence-electron chi connectivity index (χ2n) is 8.77. The number of benzene rings is 3. The number of halogens is 2. The van der Waals surface area contributed by atoms with Crippen LogP contribution in [0.4, 0.5) is 15.2 Å². The standard InChI is InChI=1S/C29H22ClFN4O4S2/c1-17-13-21(32-15-20-9-6-10-24(39-2)26(20)36)16-33-28(17)41(37,38)35-29-34-25(19-11-12-23(31)22(30)14-19)27(40-29)18-7-4-3-5-8-18/h3-16,36H,1-2H3,(H,34,35). The number of sulfonamides is 1. The maximum absolute atomic E-state index is 13.8. The molecule has 0 atom stereocenters. The van der Waals surface area contributed by atoms with E-state index in [1.165, 1.54) is 37.7 Å². The van der Waals surface area contributed by atoms with Crippen molar-refractivity contribution in [2.75, 3.05) is 11.8 Å². The van der Waals surface area contributed by atoms with Crippen LogP contribution in [0.15, 0.2) is 89.0 Å². The summed E-state index contributed by atoms with van der Waals surface area (Å²) in [6.07, 6.45) is 2.75. The minimum atomic E-state index is -4.13. The normalized spacial score (nSPS) is 11.6. The summed E-state index contributed by atoms with van der Waals surface area (Å²) < 4.78 is 48.2. The number of hydrogen-bond acceptors (Lipinski definition) is 8. The average molecular weight is 609 g/mol. The number of aryl methyl sites for hydroxylation is 1. The van der Waals surface area contributed by atoms with Gasteiger partial charge in [0.1, 0.15) is 5.82 Å². The zero-order chi connectivity index (χ0) is 29.1. The van der Waals surface area contributed by atoms with Crippen molar-refractivity contribution in [3.05, 3.63) is 101 Å². The van der Waals surface area contributed by atoms with Gasteiger partial charge in [-0.25, -0.2) is 14.4 Å². The predicted octanol–water partition coefficient (Wildman–Crippen LogP) is 7.24. The van der Waals surface area contributed by atoms with Gasteiger partial charge in [-0.15, -0.1) is 0 Å². The molecule has 0 amide bonds. The Morgan fingerprint density at radius 3 is 2.56 bits per heavy atom. The number of rotatable bonds is 8. The minimum absolute atomic E-state index is 0.0626. The summed E-state index contributed by atoms with van der Waals surface area (Å²) >= 11 is 7.15. The zero-order valence-electron chi connectivity index (χ0n) is 21.7. The lowest BCUT2D eigenvalue weighted by Crippen LogP contribution is -2.15. The summed E-state index contributed by atoms with van der Waals surface area (Å²) in [7, 11) is -2.69. The largest absolute Gasteiger partial charge is 0.504 e. The number of methoxy groups -OCH3 is 1. The molecule has 0 radical (unpaired) electrons. The highest BCUT2D eigenvalue weighted by molar-refractivity contribution is 7.92. The summed E-state index contributed by atoms with van der Waals surface area (Å²) in [5, 5.41) is 10.1. The number of nitrogens with zero attached hydrogens (tertiary/aromatic N) is 3. The van der Waals surface area contributed by atoms with E-state index in [1.54, 1.807) is 31.2 Å². The number of phenols is 1. The first-order valence-electron chi connectivity index (χ1n) is 12.1. The van der Waals surface area contributed by atoms with Crippen LogP contribution in [0.3, 0.4) is 0 Å². The van der Waals surface area contributed by atoms with E-state index in [4.69, 9.17) is 16.3 Å². The van der Waals surface area contributed by atoms with Crippen LogP contribution in [0.2, 0.25) is 5.02 Å². The van der Waals surface area contributed by atoms with E-state index in [0.717, 1.165) is 16.9 Å². The van der Waals surface area contributed by atoms with Gasteiger partial charge in [0.2, 0.25) is 0 Å². The van der Waals surface area contributed by atoms with Crippen molar-refractivity contribution in [1.82, 2.24) is 9.97 Å². The molecule has 0 aliphatic rings. The van der Waals surface area contributed by atoms with Gasteiger partial charge >= 0.3 is 0 Å². The number of para-hydroxylation sites is 1. The van der Waals surface area contributed by atoms with Crippen molar-refractivity contribution >= 4 is 50.0 Å². The Bertz CT molecular complexity index is 1880. The highest BCUT2D eigenvalue weighted by Gasteiger charge is 2.23. The van der Waals surface area contributed by atoms with Crippen LogP contribution in [0.5, 0.6) is 11.5 Å². The summed E-state index contributed by atoms with van der Waals surface area (Å²) in [4.78, 5) is 13.7. The number of aromatic nitrogens is 2. The maximum Gasteiger partial charge on any atom is 0.281 e. The van der Waals surface area contributed by atoms with E-state index in [0.29, 0.717) is 38.7 Å². The number of aromatic hydroxyl groups is 1. The molecule has 0 spiro atoms. The van der Waals surface area contributed by atoms with Gasteiger partial charge < -0.3 is 9.84 Å². The molecule has 5 rings (SSSR count). The van der Waals surface area contributed by atoms with Crippen LogP contribution < -0.4 is 9.46 Å². The maximum atomic E-state index is 13.8. The van der Waals surface area contributed by atoms with Gasteiger partial charge in [0.15, 0.2) is 21.7 Å². The Balaban J connectivity index is 1.45. The van der Waals surface area contributed by atoms with E-state index in [2.05, 4.69) is 19.7 Å². The number of hydrogen-bond donors (Lipinski definition) is 2. The van der Waals surface area contributed by atoms with Gasteiger partial charge in [0, 0.05) is 17.3 Å². The molecule has 2 N–H and O–H groups in total. The van der Waals surface area contributed by atoms with E-state index < -0.39 is 15.8 Å². The molecule has 0 aliphatic heterocycles. The molecule has 5 aromatic rings. The van der Waals surface area contributed by atoms with E-state index in [-0.39, 0.29) is 20.9 Å². The topological polar surface area (TPSA) is 114 Å². The first kappa shape index (κ1) is 28.2. The lowest BCUT2D eigenvalue weighted by Gasteiger charge is -2.08. The van der Waals surface area contributed by atoms with E-state index in [1.807, 2.05) is 30.3 Å². The predicted molar refractivity (Wildman–Crippen MR) is 160 cm³/mol. The fourth-order valence-corrected chi connectivity index (χ4v) is 6.57. The van der Waals surface area contributed by atoms with Gasteiger partial charge in [0.25, 0.3) is 10.0 Å². The van der Waals surface area contributed by atoms with Crippen molar-refractivity contribution in [1.29, 1.82) is 0 Å². The number of thiazole rings is 1. The molecule has 0 saturated heterocycles. The number of nitrogens with one attached hydrogen (secondary N) is 1. The van der Waals surface area contributed by atoms with Crippen LogP contribution in [-0.2, 0) is 10.0 Å². The smallest absolute Gasteiger partial charge is 0.281 e. The number of aliphatic imine (C=N–C) groups is 1. The third-order valence-electron chi connectivity index (χ3n) is 5.95. The highest BCUT2D eigenvalue weighted by Crippen LogP contribution is 2.40. The van der Waals surface area contributed by atoms with Gasteiger partial charge in [-0.1, -0.05) is 59.3 Å². The molecule has 208 valence electrons. The molecule has 2 aromatic heterocycles. The van der Waals surface area contributed by atoms with Crippen molar-refractivity contribution in [3.8, 4) is 33.2 Å². The van der Waals surface area contributed by atoms with Gasteiger partial charge in [-0.3, -0.25) is 9.71 Å². The first-order valence-corrected chi connectivity index (χ1v) is 14.7. The second kappa shape index (κ2) is 11.7. The Kier molecular flexibility index (Phi) is 8.02. The molecule has 8 nitrogen and oxygen atoms in total. The fraction of sp³-hybridized carbons (Fsp3) is 0.0690. The molecule has 0 saturated carbocycles. The molecule has 0 aliphatic carbocycles. The Morgan fingerprint density at radius 1 is 1.07 bits per heavy atom. The molecular weight excluding hydrogens is 587 g/mol. The molecule has 12 heteroatoms. The van der Waals surface area contributed by atoms with Crippen LogP contribution >= 0.6 is 22.9 Å². The van der Waals surface area contributed by atoms with E-state index >= 15 is 0 Å². The van der Waals surface area contributed by atoms with Crippen molar-refractivity contribution in [3.63, 3.8) is 0 Å².